The number of aryl methyl sites for hydroxylation is 2. The van der Waals surface area contributed by atoms with E-state index < -0.39 is 0 Å². The SMILES string of the molecule is CCCc1ncc2c(n1)CCN(Cc1ccc(-c3ccccc3C)s1)C2. The molecule has 0 saturated carbocycles. The van der Waals surface area contributed by atoms with Crippen molar-refractivity contribution in [2.24, 2.45) is 0 Å². The molecule has 0 amide bonds. The summed E-state index contributed by atoms with van der Waals surface area (Å²) in [4.78, 5) is 14.6. The molecule has 3 heterocycles. The van der Waals surface area contributed by atoms with Gasteiger partial charge in [-0.05, 0) is 36.6 Å². The van der Waals surface area contributed by atoms with E-state index in [0.717, 1.165) is 44.7 Å². The largest absolute Gasteiger partial charge is 0.293 e. The Hall–Kier alpha value is -2.04. The number of thiophene rings is 1. The molecule has 1 aliphatic rings. The van der Waals surface area contributed by atoms with Crippen molar-refractivity contribution in [3.8, 4) is 10.4 Å². The van der Waals surface area contributed by atoms with Gasteiger partial charge in [0.05, 0.1) is 0 Å². The molecule has 0 aliphatic carbocycles. The number of fused-ring (bicyclic) bond motifs is 1. The zero-order valence-electron chi connectivity index (χ0n) is 15.5. The summed E-state index contributed by atoms with van der Waals surface area (Å²) in [6.45, 7) is 7.40. The van der Waals surface area contributed by atoms with Crippen LogP contribution in [-0.2, 0) is 25.9 Å². The van der Waals surface area contributed by atoms with Gasteiger partial charge in [-0.25, -0.2) is 9.97 Å². The third-order valence-electron chi connectivity index (χ3n) is 4.99. The Balaban J connectivity index is 1.45. The zero-order valence-corrected chi connectivity index (χ0v) is 16.4. The van der Waals surface area contributed by atoms with Crippen LogP contribution in [-0.4, -0.2) is 21.4 Å². The van der Waals surface area contributed by atoms with E-state index >= 15 is 0 Å². The van der Waals surface area contributed by atoms with Crippen LogP contribution in [0.2, 0.25) is 0 Å². The van der Waals surface area contributed by atoms with Gasteiger partial charge in [0.1, 0.15) is 5.82 Å². The summed E-state index contributed by atoms with van der Waals surface area (Å²) in [6.07, 6.45) is 5.16. The number of hydrogen-bond acceptors (Lipinski definition) is 4. The highest BCUT2D eigenvalue weighted by Crippen LogP contribution is 2.31. The van der Waals surface area contributed by atoms with E-state index in [2.05, 4.69) is 60.1 Å². The first-order chi connectivity index (χ1) is 12.7. The van der Waals surface area contributed by atoms with Crippen molar-refractivity contribution in [3.05, 3.63) is 70.1 Å². The molecular formula is C22H25N3S. The summed E-state index contributed by atoms with van der Waals surface area (Å²) >= 11 is 1.91. The molecule has 3 nitrogen and oxygen atoms in total. The lowest BCUT2D eigenvalue weighted by atomic mass is 10.1. The minimum Gasteiger partial charge on any atom is -0.293 e. The molecule has 134 valence electrons. The van der Waals surface area contributed by atoms with E-state index in [1.165, 1.54) is 32.1 Å². The van der Waals surface area contributed by atoms with Crippen molar-refractivity contribution in [1.29, 1.82) is 0 Å². The monoisotopic (exact) mass is 363 g/mol. The molecule has 1 aliphatic heterocycles. The fraction of sp³-hybridized carbons (Fsp3) is 0.364. The van der Waals surface area contributed by atoms with E-state index in [1.54, 1.807) is 0 Å². The van der Waals surface area contributed by atoms with Gasteiger partial charge in [-0.1, -0.05) is 31.2 Å². The fourth-order valence-electron chi connectivity index (χ4n) is 3.57. The summed E-state index contributed by atoms with van der Waals surface area (Å²) in [5, 5.41) is 0. The van der Waals surface area contributed by atoms with Crippen LogP contribution < -0.4 is 0 Å². The van der Waals surface area contributed by atoms with Gasteiger partial charge < -0.3 is 0 Å². The third kappa shape index (κ3) is 3.71. The predicted octanol–water partition coefficient (Wildman–Crippen LogP) is 5.02. The van der Waals surface area contributed by atoms with Gasteiger partial charge in [0.2, 0.25) is 0 Å². The van der Waals surface area contributed by atoms with E-state index in [0.29, 0.717) is 0 Å². The molecule has 4 rings (SSSR count). The summed E-state index contributed by atoms with van der Waals surface area (Å²) in [6, 6.07) is 13.2. The molecule has 26 heavy (non-hydrogen) atoms. The maximum atomic E-state index is 4.76. The quantitative estimate of drug-likeness (QED) is 0.637. The number of hydrogen-bond donors (Lipinski definition) is 0. The standard InChI is InChI=1S/C22H25N3S/c1-3-6-22-23-13-17-14-25(12-11-20(17)24-22)15-18-9-10-21(26-18)19-8-5-4-7-16(19)2/h4-5,7-10,13H,3,6,11-12,14-15H2,1-2H3. The highest BCUT2D eigenvalue weighted by atomic mass is 32.1. The Bertz CT molecular complexity index is 900. The lowest BCUT2D eigenvalue weighted by molar-refractivity contribution is 0.244. The van der Waals surface area contributed by atoms with Gasteiger partial charge in [-0.15, -0.1) is 11.3 Å². The second-order valence-electron chi connectivity index (χ2n) is 7.05. The summed E-state index contributed by atoms with van der Waals surface area (Å²) in [7, 11) is 0. The Labute approximate surface area is 159 Å². The minimum absolute atomic E-state index is 0.958. The van der Waals surface area contributed by atoms with Gasteiger partial charge in [0.15, 0.2) is 0 Å². The number of nitrogens with zero attached hydrogens (tertiary/aromatic N) is 3. The van der Waals surface area contributed by atoms with Crippen molar-refractivity contribution >= 4 is 11.3 Å². The predicted molar refractivity (Wildman–Crippen MR) is 108 cm³/mol. The van der Waals surface area contributed by atoms with Gasteiger partial charge in [0, 0.05) is 59.7 Å². The van der Waals surface area contributed by atoms with E-state index in [-0.39, 0.29) is 0 Å². The molecule has 0 atom stereocenters. The van der Waals surface area contributed by atoms with Crippen molar-refractivity contribution in [3.63, 3.8) is 0 Å². The molecule has 0 fully saturated rings. The molecule has 0 bridgehead atoms. The summed E-state index contributed by atoms with van der Waals surface area (Å²) in [5.41, 5.74) is 5.25. The normalized spacial score (nSPS) is 14.4. The molecule has 2 aromatic heterocycles. The van der Waals surface area contributed by atoms with Gasteiger partial charge in [0.25, 0.3) is 0 Å². The van der Waals surface area contributed by atoms with Crippen LogP contribution in [0.3, 0.4) is 0 Å². The smallest absolute Gasteiger partial charge is 0.128 e. The Morgan fingerprint density at radius 2 is 2.04 bits per heavy atom. The van der Waals surface area contributed by atoms with Crippen molar-refractivity contribution in [1.82, 2.24) is 14.9 Å². The van der Waals surface area contributed by atoms with Gasteiger partial charge >= 0.3 is 0 Å². The highest BCUT2D eigenvalue weighted by molar-refractivity contribution is 7.15. The molecule has 4 heteroatoms. The molecule has 0 radical (unpaired) electrons. The number of benzene rings is 1. The van der Waals surface area contributed by atoms with Crippen LogP contribution >= 0.6 is 11.3 Å². The molecule has 3 aromatic rings. The van der Waals surface area contributed by atoms with E-state index in [9.17, 15) is 0 Å². The average Bonchev–Trinajstić information content (AvgIpc) is 3.11. The maximum Gasteiger partial charge on any atom is 0.128 e. The van der Waals surface area contributed by atoms with Crippen LogP contribution in [0.1, 0.15) is 40.9 Å². The molecular weight excluding hydrogens is 338 g/mol. The molecule has 0 unspecified atom stereocenters. The second kappa shape index (κ2) is 7.68. The summed E-state index contributed by atoms with van der Waals surface area (Å²) in [5.74, 6) is 1.00. The van der Waals surface area contributed by atoms with E-state index in [1.807, 2.05) is 17.5 Å². The fourth-order valence-corrected chi connectivity index (χ4v) is 4.71. The Morgan fingerprint density at radius 3 is 2.88 bits per heavy atom. The first-order valence-corrected chi connectivity index (χ1v) is 10.3. The zero-order chi connectivity index (χ0) is 17.9. The second-order valence-corrected chi connectivity index (χ2v) is 8.22. The van der Waals surface area contributed by atoms with Gasteiger partial charge in [-0.2, -0.15) is 0 Å². The average molecular weight is 364 g/mol. The Morgan fingerprint density at radius 1 is 1.15 bits per heavy atom. The lowest BCUT2D eigenvalue weighted by Gasteiger charge is -2.27. The van der Waals surface area contributed by atoms with Crippen LogP contribution in [0.15, 0.2) is 42.6 Å². The number of rotatable bonds is 5. The van der Waals surface area contributed by atoms with Crippen LogP contribution in [0, 0.1) is 6.92 Å². The topological polar surface area (TPSA) is 29.0 Å². The molecule has 0 spiro atoms. The minimum atomic E-state index is 0.958. The molecule has 0 N–H and O–H groups in total. The van der Waals surface area contributed by atoms with Crippen LogP contribution in [0.4, 0.5) is 0 Å². The van der Waals surface area contributed by atoms with Gasteiger partial charge in [-0.3, -0.25) is 4.90 Å². The summed E-state index contributed by atoms with van der Waals surface area (Å²) < 4.78 is 0. The van der Waals surface area contributed by atoms with E-state index in [4.69, 9.17) is 4.98 Å². The maximum absolute atomic E-state index is 4.76. The van der Waals surface area contributed by atoms with Crippen LogP contribution in [0.25, 0.3) is 10.4 Å². The first kappa shape index (κ1) is 17.4. The Kier molecular flexibility index (Phi) is 5.14. The molecule has 0 saturated heterocycles. The highest BCUT2D eigenvalue weighted by Gasteiger charge is 2.19. The lowest BCUT2D eigenvalue weighted by Crippen LogP contribution is -2.30. The van der Waals surface area contributed by atoms with Crippen molar-refractivity contribution in [2.45, 2.75) is 46.2 Å². The molecule has 1 aromatic carbocycles. The van der Waals surface area contributed by atoms with Crippen molar-refractivity contribution < 1.29 is 0 Å². The van der Waals surface area contributed by atoms with Crippen molar-refractivity contribution in [2.75, 3.05) is 6.54 Å². The number of aromatic nitrogens is 2. The third-order valence-corrected chi connectivity index (χ3v) is 6.09. The first-order valence-electron chi connectivity index (χ1n) is 9.43. The van der Waals surface area contributed by atoms with Crippen LogP contribution in [0.5, 0.6) is 0 Å².